The maximum absolute atomic E-state index is 13.3. The molecule has 0 fully saturated rings. The number of hydrogen-bond acceptors (Lipinski definition) is 4. The molecule has 1 unspecified atom stereocenters. The van der Waals surface area contributed by atoms with E-state index in [-0.39, 0.29) is 11.7 Å². The molecule has 0 saturated carbocycles. The van der Waals surface area contributed by atoms with Crippen LogP contribution in [0.5, 0.6) is 0 Å². The average Bonchev–Trinajstić information content (AvgIpc) is 3.07. The van der Waals surface area contributed by atoms with Crippen molar-refractivity contribution in [1.82, 2.24) is 0 Å². The minimum absolute atomic E-state index is 0.220. The Labute approximate surface area is 191 Å². The Morgan fingerprint density at radius 2 is 1.61 bits per heavy atom. The van der Waals surface area contributed by atoms with E-state index in [1.807, 2.05) is 19.1 Å². The van der Waals surface area contributed by atoms with Crippen molar-refractivity contribution in [3.63, 3.8) is 0 Å². The van der Waals surface area contributed by atoms with Crippen molar-refractivity contribution in [2.45, 2.75) is 13.3 Å². The van der Waals surface area contributed by atoms with Crippen molar-refractivity contribution in [3.8, 4) is 0 Å². The molecule has 0 bridgehead atoms. The fraction of sp³-hybridized carbons (Fsp3) is 0.261. The average molecular weight is 480 g/mol. The smallest absolute Gasteiger partial charge is 0.323 e. The summed E-state index contributed by atoms with van der Waals surface area (Å²) in [5, 5.41) is 5.62. The Morgan fingerprint density at radius 3 is 2.15 bits per heavy atom. The van der Waals surface area contributed by atoms with Gasteiger partial charge in [0.1, 0.15) is 5.92 Å². The number of methoxy groups -OCH3 is 1. The number of ether oxygens (including phenoxy) is 1. The number of hydrogen-bond donors (Lipinski definition) is 2. The van der Waals surface area contributed by atoms with Crippen LogP contribution < -0.4 is 10.6 Å². The fourth-order valence-electron chi connectivity index (χ4n) is 3.54. The van der Waals surface area contributed by atoms with Gasteiger partial charge < -0.3 is 15.4 Å². The molecule has 1 heterocycles. The molecule has 3 rings (SSSR count). The number of rotatable bonds is 6. The summed E-state index contributed by atoms with van der Waals surface area (Å²) in [6, 6.07) is 7.60. The number of benzene rings is 2. The quantitative estimate of drug-likeness (QED) is 0.411. The van der Waals surface area contributed by atoms with E-state index < -0.39 is 39.4 Å². The number of nitrogens with zero attached hydrogens (tertiary/aromatic N) is 1. The second-order valence-corrected chi connectivity index (χ2v) is 11.2. The largest absolute Gasteiger partial charge is 0.468 e. The number of urea groups is 1. The van der Waals surface area contributed by atoms with Crippen LogP contribution in [-0.4, -0.2) is 36.7 Å². The normalized spacial score (nSPS) is 16.3. The minimum Gasteiger partial charge on any atom is -0.468 e. The minimum atomic E-state index is -1.60. The summed E-state index contributed by atoms with van der Waals surface area (Å²) in [5.74, 6) is -5.11. The SMILES string of the molecule is CCC(C(=O)OC)C1=NC=C(c2ccc(NC(=O)Nc3cc(F)c(F)c(F)c3)cc2)S1(C)C. The molecule has 176 valence electrons. The highest BCUT2D eigenvalue weighted by Gasteiger charge is 2.37. The highest BCUT2D eigenvalue weighted by molar-refractivity contribution is 8.51. The van der Waals surface area contributed by atoms with Gasteiger partial charge in [0.15, 0.2) is 17.5 Å². The van der Waals surface area contributed by atoms with Gasteiger partial charge in [-0.05, 0) is 36.6 Å². The number of aliphatic imine (C=N–C) groups is 1. The molecule has 1 aliphatic rings. The standard InChI is InChI=1S/C23H24F3N3O3S/c1-5-16(22(30)32-2)21-27-12-19(33(21,3)4)13-6-8-14(9-7-13)28-23(31)29-15-10-17(24)20(26)18(25)11-15/h6-12,16H,5H2,1-4H3,(H2,28,29,31). The van der Waals surface area contributed by atoms with E-state index in [2.05, 4.69) is 28.1 Å². The van der Waals surface area contributed by atoms with Crippen molar-refractivity contribution >= 4 is 43.4 Å². The molecule has 0 radical (unpaired) electrons. The fourth-order valence-corrected chi connectivity index (χ4v) is 6.09. The Kier molecular flexibility index (Phi) is 7.16. The number of esters is 1. The Hall–Kier alpha value is -3.27. The van der Waals surface area contributed by atoms with E-state index >= 15 is 0 Å². The molecule has 33 heavy (non-hydrogen) atoms. The zero-order valence-electron chi connectivity index (χ0n) is 18.5. The van der Waals surface area contributed by atoms with Gasteiger partial charge in [-0.3, -0.25) is 9.79 Å². The van der Waals surface area contributed by atoms with Gasteiger partial charge in [0.05, 0.1) is 12.2 Å². The van der Waals surface area contributed by atoms with Gasteiger partial charge in [-0.1, -0.05) is 19.1 Å². The number of nitrogens with one attached hydrogen (secondary N) is 2. The molecule has 2 amide bonds. The second kappa shape index (κ2) is 9.70. The molecule has 0 saturated heterocycles. The van der Waals surface area contributed by atoms with E-state index in [0.29, 0.717) is 24.2 Å². The van der Waals surface area contributed by atoms with Gasteiger partial charge in [-0.25, -0.2) is 18.0 Å². The molecule has 0 spiro atoms. The van der Waals surface area contributed by atoms with Gasteiger partial charge in [-0.15, -0.1) is 0 Å². The summed E-state index contributed by atoms with van der Waals surface area (Å²) in [6.07, 6.45) is 6.49. The van der Waals surface area contributed by atoms with Crippen molar-refractivity contribution in [1.29, 1.82) is 0 Å². The molecular formula is C23H24F3N3O3S. The van der Waals surface area contributed by atoms with E-state index in [9.17, 15) is 22.8 Å². The maximum atomic E-state index is 13.3. The lowest BCUT2D eigenvalue weighted by Gasteiger charge is -2.34. The highest BCUT2D eigenvalue weighted by Crippen LogP contribution is 2.60. The molecule has 6 nitrogen and oxygen atoms in total. The number of carbonyl (C=O) groups excluding carboxylic acids is 2. The summed E-state index contributed by atoms with van der Waals surface area (Å²) < 4.78 is 44.6. The molecule has 0 aliphatic carbocycles. The molecule has 1 aliphatic heterocycles. The predicted octanol–water partition coefficient (Wildman–Crippen LogP) is 5.72. The van der Waals surface area contributed by atoms with Crippen LogP contribution in [0.15, 0.2) is 47.6 Å². The molecule has 2 aromatic rings. The first kappa shape index (κ1) is 24.4. The van der Waals surface area contributed by atoms with Crippen LogP contribution in [0, 0.1) is 23.4 Å². The lowest BCUT2D eigenvalue weighted by atomic mass is 10.1. The monoisotopic (exact) mass is 479 g/mol. The summed E-state index contributed by atoms with van der Waals surface area (Å²) in [6.45, 7) is 1.91. The first-order valence-electron chi connectivity index (χ1n) is 10.0. The number of anilines is 2. The molecule has 0 aromatic heterocycles. The third-order valence-electron chi connectivity index (χ3n) is 5.24. The second-order valence-electron chi connectivity index (χ2n) is 7.68. The predicted molar refractivity (Wildman–Crippen MR) is 126 cm³/mol. The van der Waals surface area contributed by atoms with Crippen LogP contribution in [0.2, 0.25) is 0 Å². The zero-order chi connectivity index (χ0) is 24.3. The molecule has 10 heteroatoms. The van der Waals surface area contributed by atoms with E-state index in [4.69, 9.17) is 4.74 Å². The van der Waals surface area contributed by atoms with Crippen molar-refractivity contribution in [2.75, 3.05) is 30.3 Å². The third kappa shape index (κ3) is 5.05. The van der Waals surface area contributed by atoms with Gasteiger partial charge in [0.25, 0.3) is 0 Å². The van der Waals surface area contributed by atoms with E-state index in [1.165, 1.54) is 7.11 Å². The first-order chi connectivity index (χ1) is 15.6. The third-order valence-corrected chi connectivity index (χ3v) is 8.12. The molecular weight excluding hydrogens is 455 g/mol. The van der Waals surface area contributed by atoms with Gasteiger partial charge in [0, 0.05) is 34.6 Å². The van der Waals surface area contributed by atoms with E-state index in [0.717, 1.165) is 15.5 Å². The van der Waals surface area contributed by atoms with Crippen molar-refractivity contribution in [2.24, 2.45) is 10.9 Å². The van der Waals surface area contributed by atoms with Gasteiger partial charge in [-0.2, -0.15) is 10.0 Å². The number of carbonyl (C=O) groups is 2. The maximum Gasteiger partial charge on any atom is 0.323 e. The summed E-state index contributed by atoms with van der Waals surface area (Å²) in [4.78, 5) is 29.9. The van der Waals surface area contributed by atoms with Gasteiger partial charge in [0.2, 0.25) is 0 Å². The molecule has 1 atom stereocenters. The Balaban J connectivity index is 1.69. The summed E-state index contributed by atoms with van der Waals surface area (Å²) >= 11 is 0. The topological polar surface area (TPSA) is 79.8 Å². The highest BCUT2D eigenvalue weighted by atomic mass is 32.3. The van der Waals surface area contributed by atoms with Crippen molar-refractivity contribution < 1.29 is 27.5 Å². The first-order valence-corrected chi connectivity index (χ1v) is 12.5. The molecule has 2 N–H and O–H groups in total. The van der Waals surface area contributed by atoms with Crippen molar-refractivity contribution in [3.05, 3.63) is 65.6 Å². The summed E-state index contributed by atoms with van der Waals surface area (Å²) in [7, 11) is -0.164. The van der Waals surface area contributed by atoms with Crippen LogP contribution in [0.4, 0.5) is 29.3 Å². The van der Waals surface area contributed by atoms with Crippen LogP contribution in [0.25, 0.3) is 4.91 Å². The number of amides is 2. The Morgan fingerprint density at radius 1 is 1.03 bits per heavy atom. The lowest BCUT2D eigenvalue weighted by Crippen LogP contribution is -2.27. The summed E-state index contributed by atoms with van der Waals surface area (Å²) in [5.41, 5.74) is 1.11. The zero-order valence-corrected chi connectivity index (χ0v) is 19.4. The van der Waals surface area contributed by atoms with Crippen LogP contribution in [0.1, 0.15) is 18.9 Å². The van der Waals surface area contributed by atoms with Crippen LogP contribution in [-0.2, 0) is 9.53 Å². The van der Waals surface area contributed by atoms with Crippen LogP contribution >= 0.6 is 10.0 Å². The van der Waals surface area contributed by atoms with Crippen LogP contribution in [0.3, 0.4) is 0 Å². The van der Waals surface area contributed by atoms with Gasteiger partial charge >= 0.3 is 12.0 Å². The number of halogens is 3. The lowest BCUT2D eigenvalue weighted by molar-refractivity contribution is -0.143. The van der Waals surface area contributed by atoms with E-state index in [1.54, 1.807) is 18.3 Å². The molecule has 2 aromatic carbocycles. The Bertz CT molecular complexity index is 1120.